The van der Waals surface area contributed by atoms with Crippen LogP contribution in [0.2, 0.25) is 0 Å². The van der Waals surface area contributed by atoms with E-state index in [1.807, 2.05) is 17.8 Å². The first-order valence-corrected chi connectivity index (χ1v) is 5.85. The molecule has 1 aromatic rings. The van der Waals surface area contributed by atoms with Gasteiger partial charge >= 0.3 is 0 Å². The molecule has 0 aliphatic heterocycles. The van der Waals surface area contributed by atoms with Crippen LogP contribution in [0.4, 0.5) is 0 Å². The van der Waals surface area contributed by atoms with Crippen LogP contribution in [0.1, 0.15) is 26.3 Å². The van der Waals surface area contributed by atoms with Crippen LogP contribution in [-0.4, -0.2) is 10.5 Å². The van der Waals surface area contributed by atoms with E-state index in [0.717, 1.165) is 5.75 Å². The van der Waals surface area contributed by atoms with Crippen LogP contribution < -0.4 is 0 Å². The fourth-order valence-electron chi connectivity index (χ4n) is 1.06. The zero-order chi connectivity index (χ0) is 10.6. The molecule has 0 fully saturated rings. The molecule has 14 heavy (non-hydrogen) atoms. The lowest BCUT2D eigenvalue weighted by Gasteiger charge is -2.18. The molecule has 1 heteroatoms. The summed E-state index contributed by atoms with van der Waals surface area (Å²) in [5.74, 6) is 1.01. The topological polar surface area (TPSA) is 0 Å². The van der Waals surface area contributed by atoms with Crippen LogP contribution in [-0.2, 0) is 0 Å². The molecule has 1 rings (SSSR count). The van der Waals surface area contributed by atoms with Crippen molar-refractivity contribution in [1.29, 1.82) is 0 Å². The lowest BCUT2D eigenvalue weighted by atomic mass is 10.1. The fraction of sp³-hybridized carbons (Fsp3) is 0.385. The molecule has 0 aromatic heterocycles. The van der Waals surface area contributed by atoms with Gasteiger partial charge in [0, 0.05) is 10.5 Å². The highest BCUT2D eigenvalue weighted by Crippen LogP contribution is 2.27. The van der Waals surface area contributed by atoms with Gasteiger partial charge in [0.2, 0.25) is 0 Å². The lowest BCUT2D eigenvalue weighted by molar-refractivity contribution is 0.805. The first-order valence-electron chi connectivity index (χ1n) is 4.86. The maximum absolute atomic E-state index is 4.11. The highest BCUT2D eigenvalue weighted by molar-refractivity contribution is 8.00. The maximum atomic E-state index is 4.11. The summed E-state index contributed by atoms with van der Waals surface area (Å²) in [4.78, 5) is 0. The SMILES string of the molecule is C=C(CSC(C)(C)C)c1ccccc1. The van der Waals surface area contributed by atoms with Crippen LogP contribution in [0.15, 0.2) is 36.9 Å². The fourth-order valence-corrected chi connectivity index (χ4v) is 1.83. The van der Waals surface area contributed by atoms with Gasteiger partial charge in [0.25, 0.3) is 0 Å². The summed E-state index contributed by atoms with van der Waals surface area (Å²) in [6, 6.07) is 10.4. The van der Waals surface area contributed by atoms with Crippen molar-refractivity contribution in [2.45, 2.75) is 25.5 Å². The van der Waals surface area contributed by atoms with Gasteiger partial charge in [-0.3, -0.25) is 0 Å². The van der Waals surface area contributed by atoms with Crippen molar-refractivity contribution in [1.82, 2.24) is 0 Å². The maximum Gasteiger partial charge on any atom is 0.0189 e. The molecule has 0 N–H and O–H groups in total. The van der Waals surface area contributed by atoms with Gasteiger partial charge < -0.3 is 0 Å². The molecule has 0 unspecified atom stereocenters. The number of thioether (sulfide) groups is 1. The number of rotatable bonds is 3. The molecule has 76 valence electrons. The minimum atomic E-state index is 0.317. The molecule has 0 atom stereocenters. The zero-order valence-corrected chi connectivity index (χ0v) is 10.0. The Morgan fingerprint density at radius 2 is 1.79 bits per heavy atom. The van der Waals surface area contributed by atoms with E-state index in [1.165, 1.54) is 11.1 Å². The molecule has 0 aliphatic rings. The summed E-state index contributed by atoms with van der Waals surface area (Å²) < 4.78 is 0.317. The normalized spacial score (nSPS) is 11.4. The Morgan fingerprint density at radius 1 is 1.21 bits per heavy atom. The van der Waals surface area contributed by atoms with E-state index < -0.39 is 0 Å². The Bertz CT molecular complexity index is 293. The first kappa shape index (κ1) is 11.4. The van der Waals surface area contributed by atoms with Crippen molar-refractivity contribution < 1.29 is 0 Å². The average molecular weight is 206 g/mol. The minimum Gasteiger partial charge on any atom is -0.151 e. The summed E-state index contributed by atoms with van der Waals surface area (Å²) in [6.07, 6.45) is 0. The summed E-state index contributed by atoms with van der Waals surface area (Å²) in [7, 11) is 0. The van der Waals surface area contributed by atoms with Crippen LogP contribution in [0.5, 0.6) is 0 Å². The van der Waals surface area contributed by atoms with Crippen molar-refractivity contribution in [2.75, 3.05) is 5.75 Å². The Morgan fingerprint density at radius 3 is 2.29 bits per heavy atom. The van der Waals surface area contributed by atoms with Gasteiger partial charge in [0.05, 0.1) is 0 Å². The van der Waals surface area contributed by atoms with E-state index >= 15 is 0 Å². The molecule has 1 aromatic carbocycles. The molecule has 0 aliphatic carbocycles. The molecule has 0 saturated heterocycles. The smallest absolute Gasteiger partial charge is 0.0189 e. The molecule has 0 radical (unpaired) electrons. The Balaban J connectivity index is 2.52. The van der Waals surface area contributed by atoms with E-state index in [2.05, 4.69) is 51.6 Å². The molecular formula is C13H18S. The third-order valence-electron chi connectivity index (χ3n) is 1.86. The predicted molar refractivity (Wildman–Crippen MR) is 67.7 cm³/mol. The average Bonchev–Trinajstić information content (AvgIpc) is 2.14. The molecule has 0 spiro atoms. The quantitative estimate of drug-likeness (QED) is 0.713. The van der Waals surface area contributed by atoms with Crippen molar-refractivity contribution >= 4 is 17.3 Å². The second kappa shape index (κ2) is 4.70. The van der Waals surface area contributed by atoms with E-state index in [9.17, 15) is 0 Å². The highest BCUT2D eigenvalue weighted by atomic mass is 32.2. The molecule has 0 saturated carbocycles. The summed E-state index contributed by atoms with van der Waals surface area (Å²) in [5.41, 5.74) is 2.47. The van der Waals surface area contributed by atoms with Crippen molar-refractivity contribution in [3.8, 4) is 0 Å². The molecule has 0 bridgehead atoms. The van der Waals surface area contributed by atoms with E-state index in [1.54, 1.807) is 0 Å². The molecule has 0 amide bonds. The Kier molecular flexibility index (Phi) is 3.82. The summed E-state index contributed by atoms with van der Waals surface area (Å²) in [6.45, 7) is 10.8. The molecule has 0 heterocycles. The lowest BCUT2D eigenvalue weighted by Crippen LogP contribution is -2.08. The highest BCUT2D eigenvalue weighted by Gasteiger charge is 2.11. The Hall–Kier alpha value is -0.690. The Labute approximate surface area is 91.4 Å². The van der Waals surface area contributed by atoms with Crippen LogP contribution in [0.25, 0.3) is 5.57 Å². The standard InChI is InChI=1S/C13H18S/c1-11(10-14-13(2,3)4)12-8-6-5-7-9-12/h5-9H,1,10H2,2-4H3. The second-order valence-corrected chi connectivity index (χ2v) is 6.17. The third-order valence-corrected chi connectivity index (χ3v) is 3.22. The van der Waals surface area contributed by atoms with Gasteiger partial charge in [-0.25, -0.2) is 0 Å². The van der Waals surface area contributed by atoms with Gasteiger partial charge in [0.1, 0.15) is 0 Å². The van der Waals surface area contributed by atoms with Gasteiger partial charge in [-0.2, -0.15) is 11.8 Å². The largest absolute Gasteiger partial charge is 0.151 e. The van der Waals surface area contributed by atoms with Crippen LogP contribution in [0, 0.1) is 0 Å². The number of hydrogen-bond acceptors (Lipinski definition) is 1. The van der Waals surface area contributed by atoms with Gasteiger partial charge in [0.15, 0.2) is 0 Å². The second-order valence-electron chi connectivity index (χ2n) is 4.37. The number of benzene rings is 1. The van der Waals surface area contributed by atoms with Crippen LogP contribution in [0.3, 0.4) is 0 Å². The van der Waals surface area contributed by atoms with E-state index in [4.69, 9.17) is 0 Å². The van der Waals surface area contributed by atoms with Crippen molar-refractivity contribution in [2.24, 2.45) is 0 Å². The van der Waals surface area contributed by atoms with Crippen molar-refractivity contribution in [3.05, 3.63) is 42.5 Å². The predicted octanol–water partition coefficient (Wildman–Crippen LogP) is 4.23. The summed E-state index contributed by atoms with van der Waals surface area (Å²) in [5, 5.41) is 0. The minimum absolute atomic E-state index is 0.317. The third kappa shape index (κ3) is 4.01. The van der Waals surface area contributed by atoms with E-state index in [-0.39, 0.29) is 0 Å². The summed E-state index contributed by atoms with van der Waals surface area (Å²) >= 11 is 1.94. The molecular weight excluding hydrogens is 188 g/mol. The monoisotopic (exact) mass is 206 g/mol. The van der Waals surface area contributed by atoms with Gasteiger partial charge in [-0.15, -0.1) is 0 Å². The number of hydrogen-bond donors (Lipinski definition) is 0. The molecule has 0 nitrogen and oxygen atoms in total. The van der Waals surface area contributed by atoms with Crippen molar-refractivity contribution in [3.63, 3.8) is 0 Å². The zero-order valence-electron chi connectivity index (χ0n) is 9.21. The van der Waals surface area contributed by atoms with Crippen LogP contribution >= 0.6 is 11.8 Å². The van der Waals surface area contributed by atoms with E-state index in [0.29, 0.717) is 4.75 Å². The first-order chi connectivity index (χ1) is 6.49. The van der Waals surface area contributed by atoms with Gasteiger partial charge in [-0.1, -0.05) is 57.7 Å². The van der Waals surface area contributed by atoms with Gasteiger partial charge in [-0.05, 0) is 11.1 Å².